The lowest BCUT2D eigenvalue weighted by Crippen LogP contribution is -2.34. The van der Waals surface area contributed by atoms with Crippen molar-refractivity contribution in [2.24, 2.45) is 5.92 Å². The summed E-state index contributed by atoms with van der Waals surface area (Å²) in [6.45, 7) is 2.77. The first kappa shape index (κ1) is 12.8. The summed E-state index contributed by atoms with van der Waals surface area (Å²) in [6, 6.07) is 0.489. The summed E-state index contributed by atoms with van der Waals surface area (Å²) >= 11 is 0. The molecule has 0 bridgehead atoms. The number of halogens is 2. The van der Waals surface area contributed by atoms with Crippen LogP contribution in [0.2, 0.25) is 0 Å². The zero-order valence-corrected chi connectivity index (χ0v) is 9.35. The molecule has 0 aromatic carbocycles. The molecule has 1 unspecified atom stereocenters. The second-order valence-electron chi connectivity index (χ2n) is 4.25. The minimum Gasteiger partial charge on any atom is -0.374 e. The van der Waals surface area contributed by atoms with Crippen LogP contribution in [-0.2, 0) is 4.74 Å². The molecule has 0 saturated heterocycles. The van der Waals surface area contributed by atoms with Crippen LogP contribution in [0.3, 0.4) is 0 Å². The lowest BCUT2D eigenvalue weighted by atomic mass is 10.00. The molecule has 0 aromatic rings. The van der Waals surface area contributed by atoms with Gasteiger partial charge in [-0.15, -0.1) is 0 Å². The summed E-state index contributed by atoms with van der Waals surface area (Å²) < 4.78 is 28.2. The SMILES string of the molecule is CC(NCCOCC(F)F)C1CCCC1. The smallest absolute Gasteiger partial charge is 0.261 e. The van der Waals surface area contributed by atoms with Crippen LogP contribution in [0.5, 0.6) is 0 Å². The van der Waals surface area contributed by atoms with E-state index in [9.17, 15) is 8.78 Å². The summed E-state index contributed by atoms with van der Waals surface area (Å²) in [4.78, 5) is 0. The predicted octanol–water partition coefficient (Wildman–Crippen LogP) is 2.44. The van der Waals surface area contributed by atoms with Gasteiger partial charge in [-0.1, -0.05) is 12.8 Å². The van der Waals surface area contributed by atoms with Gasteiger partial charge in [0.2, 0.25) is 0 Å². The van der Waals surface area contributed by atoms with Crippen LogP contribution in [-0.4, -0.2) is 32.2 Å². The highest BCUT2D eigenvalue weighted by Gasteiger charge is 2.20. The van der Waals surface area contributed by atoms with Crippen molar-refractivity contribution in [1.29, 1.82) is 0 Å². The van der Waals surface area contributed by atoms with Crippen LogP contribution in [0, 0.1) is 5.92 Å². The molecule has 1 fully saturated rings. The fourth-order valence-electron chi connectivity index (χ4n) is 2.16. The van der Waals surface area contributed by atoms with Crippen LogP contribution in [0.1, 0.15) is 32.6 Å². The van der Waals surface area contributed by atoms with Gasteiger partial charge in [-0.2, -0.15) is 0 Å². The molecule has 1 aliphatic rings. The molecule has 0 amide bonds. The fraction of sp³-hybridized carbons (Fsp3) is 1.00. The monoisotopic (exact) mass is 221 g/mol. The van der Waals surface area contributed by atoms with Gasteiger partial charge in [0, 0.05) is 12.6 Å². The molecule has 2 nitrogen and oxygen atoms in total. The third-order valence-corrected chi connectivity index (χ3v) is 3.06. The van der Waals surface area contributed by atoms with Gasteiger partial charge < -0.3 is 10.1 Å². The van der Waals surface area contributed by atoms with E-state index in [4.69, 9.17) is 4.74 Å². The zero-order chi connectivity index (χ0) is 11.1. The van der Waals surface area contributed by atoms with Gasteiger partial charge in [-0.3, -0.25) is 0 Å². The van der Waals surface area contributed by atoms with Gasteiger partial charge in [0.1, 0.15) is 6.61 Å². The fourth-order valence-corrected chi connectivity index (χ4v) is 2.16. The standard InChI is InChI=1S/C11H21F2NO/c1-9(10-4-2-3-5-10)14-6-7-15-8-11(12)13/h9-11,14H,2-8H2,1H3. The second kappa shape index (κ2) is 7.12. The maximum absolute atomic E-state index is 11.7. The van der Waals surface area contributed by atoms with E-state index in [0.717, 1.165) is 5.92 Å². The van der Waals surface area contributed by atoms with E-state index in [-0.39, 0.29) is 0 Å². The van der Waals surface area contributed by atoms with E-state index < -0.39 is 13.0 Å². The average molecular weight is 221 g/mol. The van der Waals surface area contributed by atoms with Crippen LogP contribution in [0.25, 0.3) is 0 Å². The van der Waals surface area contributed by atoms with Crippen LogP contribution >= 0.6 is 0 Å². The van der Waals surface area contributed by atoms with Crippen molar-refractivity contribution in [2.75, 3.05) is 19.8 Å². The van der Waals surface area contributed by atoms with Crippen LogP contribution in [0.15, 0.2) is 0 Å². The summed E-state index contributed by atoms with van der Waals surface area (Å²) in [5.74, 6) is 0.764. The predicted molar refractivity (Wildman–Crippen MR) is 56.2 cm³/mol. The van der Waals surface area contributed by atoms with Gasteiger partial charge in [-0.25, -0.2) is 8.78 Å². The summed E-state index contributed by atoms with van der Waals surface area (Å²) in [7, 11) is 0. The molecule has 4 heteroatoms. The quantitative estimate of drug-likeness (QED) is 0.667. The summed E-state index contributed by atoms with van der Waals surface area (Å²) in [5, 5.41) is 3.33. The molecule has 0 spiro atoms. The Morgan fingerprint density at radius 3 is 2.60 bits per heavy atom. The van der Waals surface area contributed by atoms with E-state index in [1.807, 2.05) is 0 Å². The number of rotatable bonds is 7. The van der Waals surface area contributed by atoms with Crippen molar-refractivity contribution in [2.45, 2.75) is 45.1 Å². The maximum Gasteiger partial charge on any atom is 0.261 e. The van der Waals surface area contributed by atoms with E-state index in [1.165, 1.54) is 25.7 Å². The van der Waals surface area contributed by atoms with Crippen molar-refractivity contribution in [3.05, 3.63) is 0 Å². The van der Waals surface area contributed by atoms with Gasteiger partial charge >= 0.3 is 0 Å². The molecular formula is C11H21F2NO. The van der Waals surface area contributed by atoms with Crippen LogP contribution in [0.4, 0.5) is 8.78 Å². The average Bonchev–Trinajstić information content (AvgIpc) is 2.69. The Balaban J connectivity index is 1.94. The van der Waals surface area contributed by atoms with Gasteiger partial charge in [0.15, 0.2) is 0 Å². The Bertz CT molecular complexity index is 161. The Morgan fingerprint density at radius 2 is 2.00 bits per heavy atom. The lowest BCUT2D eigenvalue weighted by Gasteiger charge is -2.20. The molecule has 1 N–H and O–H groups in total. The van der Waals surface area contributed by atoms with E-state index >= 15 is 0 Å². The molecule has 1 rings (SSSR count). The molecule has 1 saturated carbocycles. The molecule has 1 atom stereocenters. The van der Waals surface area contributed by atoms with Gasteiger partial charge in [0.05, 0.1) is 6.61 Å². The normalized spacial score (nSPS) is 20.0. The topological polar surface area (TPSA) is 21.3 Å². The minimum absolute atomic E-state index is 0.376. The van der Waals surface area contributed by atoms with Crippen molar-refractivity contribution < 1.29 is 13.5 Å². The Morgan fingerprint density at radius 1 is 1.33 bits per heavy atom. The molecular weight excluding hydrogens is 200 g/mol. The number of hydrogen-bond acceptors (Lipinski definition) is 2. The molecule has 0 aliphatic heterocycles. The van der Waals surface area contributed by atoms with Crippen molar-refractivity contribution in [3.8, 4) is 0 Å². The molecule has 0 radical (unpaired) electrons. The van der Waals surface area contributed by atoms with Crippen molar-refractivity contribution >= 4 is 0 Å². The first-order valence-corrected chi connectivity index (χ1v) is 5.79. The number of alkyl halides is 2. The zero-order valence-electron chi connectivity index (χ0n) is 9.35. The van der Waals surface area contributed by atoms with Crippen LogP contribution < -0.4 is 5.32 Å². The summed E-state index contributed by atoms with van der Waals surface area (Å²) in [6.07, 6.45) is 2.91. The third-order valence-electron chi connectivity index (χ3n) is 3.06. The summed E-state index contributed by atoms with van der Waals surface area (Å²) in [5.41, 5.74) is 0. The van der Waals surface area contributed by atoms with Crippen molar-refractivity contribution in [3.63, 3.8) is 0 Å². The first-order chi connectivity index (χ1) is 7.20. The highest BCUT2D eigenvalue weighted by molar-refractivity contribution is 4.76. The third kappa shape index (κ3) is 5.42. The number of nitrogens with one attached hydrogen (secondary N) is 1. The second-order valence-corrected chi connectivity index (χ2v) is 4.25. The Kier molecular flexibility index (Phi) is 6.10. The number of hydrogen-bond donors (Lipinski definition) is 1. The van der Waals surface area contributed by atoms with Gasteiger partial charge in [-0.05, 0) is 25.7 Å². The molecule has 0 aromatic heterocycles. The highest BCUT2D eigenvalue weighted by Crippen LogP contribution is 2.27. The van der Waals surface area contributed by atoms with Gasteiger partial charge in [0.25, 0.3) is 6.43 Å². The largest absolute Gasteiger partial charge is 0.374 e. The van der Waals surface area contributed by atoms with E-state index in [0.29, 0.717) is 19.2 Å². The molecule has 1 aliphatic carbocycles. The van der Waals surface area contributed by atoms with Crippen molar-refractivity contribution in [1.82, 2.24) is 5.32 Å². The number of ether oxygens (including phenoxy) is 1. The van der Waals surface area contributed by atoms with E-state index in [1.54, 1.807) is 0 Å². The Labute approximate surface area is 90.4 Å². The molecule has 0 heterocycles. The lowest BCUT2D eigenvalue weighted by molar-refractivity contribution is 0.0179. The Hall–Kier alpha value is -0.220. The molecule has 15 heavy (non-hydrogen) atoms. The molecule has 90 valence electrons. The highest BCUT2D eigenvalue weighted by atomic mass is 19.3. The first-order valence-electron chi connectivity index (χ1n) is 5.79. The maximum atomic E-state index is 11.7. The minimum atomic E-state index is -2.35. The van der Waals surface area contributed by atoms with E-state index in [2.05, 4.69) is 12.2 Å².